The molecule has 0 spiro atoms. The summed E-state index contributed by atoms with van der Waals surface area (Å²) in [5, 5.41) is 3.50. The molecule has 2 rings (SSSR count). The molecule has 0 amide bonds. The predicted octanol–water partition coefficient (Wildman–Crippen LogP) is 2.32. The van der Waals surface area contributed by atoms with Crippen molar-refractivity contribution < 1.29 is 9.53 Å². The maximum Gasteiger partial charge on any atom is 0.339 e. The van der Waals surface area contributed by atoms with E-state index in [9.17, 15) is 4.79 Å². The first-order valence-electron chi connectivity index (χ1n) is 7.49. The molecule has 0 aliphatic carbocycles. The number of pyridine rings is 1. The molecule has 1 fully saturated rings. The van der Waals surface area contributed by atoms with Crippen LogP contribution >= 0.6 is 0 Å². The summed E-state index contributed by atoms with van der Waals surface area (Å²) in [4.78, 5) is 18.5. The number of aromatic nitrogens is 1. The lowest BCUT2D eigenvalue weighted by Gasteiger charge is -2.20. The maximum absolute atomic E-state index is 11.6. The Morgan fingerprint density at radius 2 is 2.14 bits per heavy atom. The van der Waals surface area contributed by atoms with Gasteiger partial charge in [-0.15, -0.1) is 0 Å². The fraction of sp³-hybridized carbons (Fsp3) is 0.625. The summed E-state index contributed by atoms with van der Waals surface area (Å²) in [5.74, 6) is 1.06. The summed E-state index contributed by atoms with van der Waals surface area (Å²) in [6.45, 7) is 10.7. The molecule has 116 valence electrons. The van der Waals surface area contributed by atoms with E-state index >= 15 is 0 Å². The van der Waals surface area contributed by atoms with Gasteiger partial charge in [-0.3, -0.25) is 4.90 Å². The van der Waals surface area contributed by atoms with Crippen molar-refractivity contribution in [3.63, 3.8) is 0 Å². The van der Waals surface area contributed by atoms with Gasteiger partial charge in [-0.1, -0.05) is 6.92 Å². The molecule has 2 unspecified atom stereocenters. The number of carbonyl (C=O) groups excluding carboxylic acids is 1. The number of ether oxygens (including phenoxy) is 1. The van der Waals surface area contributed by atoms with Crippen LogP contribution in [0.5, 0.6) is 0 Å². The second-order valence-electron chi connectivity index (χ2n) is 6.10. The van der Waals surface area contributed by atoms with Crippen LogP contribution in [0, 0.1) is 12.8 Å². The van der Waals surface area contributed by atoms with E-state index in [0.29, 0.717) is 29.3 Å². The van der Waals surface area contributed by atoms with Gasteiger partial charge >= 0.3 is 5.97 Å². The number of methoxy groups -OCH3 is 1. The van der Waals surface area contributed by atoms with Crippen LogP contribution in [0.1, 0.15) is 36.8 Å². The van der Waals surface area contributed by atoms with Crippen LogP contribution in [-0.4, -0.2) is 48.1 Å². The van der Waals surface area contributed by atoms with Crippen LogP contribution in [0.3, 0.4) is 0 Å². The summed E-state index contributed by atoms with van der Waals surface area (Å²) >= 11 is 0. The van der Waals surface area contributed by atoms with Gasteiger partial charge in [0.2, 0.25) is 0 Å². The zero-order valence-electron chi connectivity index (χ0n) is 13.5. The molecule has 1 N–H and O–H groups in total. The monoisotopic (exact) mass is 291 g/mol. The normalized spacial score (nSPS) is 22.6. The van der Waals surface area contributed by atoms with E-state index in [-0.39, 0.29) is 5.97 Å². The average molecular weight is 291 g/mol. The third-order valence-electron chi connectivity index (χ3n) is 4.20. The number of rotatable bonds is 4. The van der Waals surface area contributed by atoms with Crippen molar-refractivity contribution >= 4 is 11.8 Å². The number of aryl methyl sites for hydroxylation is 1. The second-order valence-corrected chi connectivity index (χ2v) is 6.10. The molecule has 1 aliphatic rings. The first-order valence-corrected chi connectivity index (χ1v) is 7.49. The molecule has 5 nitrogen and oxygen atoms in total. The Morgan fingerprint density at radius 3 is 2.67 bits per heavy atom. The Labute approximate surface area is 126 Å². The Morgan fingerprint density at radius 1 is 1.43 bits per heavy atom. The van der Waals surface area contributed by atoms with E-state index < -0.39 is 0 Å². The maximum atomic E-state index is 11.6. The molecule has 0 radical (unpaired) electrons. The molecule has 2 heterocycles. The molecule has 1 aromatic heterocycles. The Kier molecular flexibility index (Phi) is 4.83. The Hall–Kier alpha value is -1.62. The van der Waals surface area contributed by atoms with Crippen LogP contribution in [0.25, 0.3) is 0 Å². The van der Waals surface area contributed by atoms with E-state index in [2.05, 4.69) is 36.0 Å². The van der Waals surface area contributed by atoms with Crippen molar-refractivity contribution in [3.8, 4) is 0 Å². The van der Waals surface area contributed by atoms with E-state index in [1.807, 2.05) is 13.0 Å². The lowest BCUT2D eigenvalue weighted by molar-refractivity contribution is 0.0599. The second kappa shape index (κ2) is 6.43. The summed E-state index contributed by atoms with van der Waals surface area (Å²) in [5.41, 5.74) is 1.21. The molecule has 0 aromatic carbocycles. The van der Waals surface area contributed by atoms with Crippen LogP contribution in [0.15, 0.2) is 12.1 Å². The molecule has 2 atom stereocenters. The molecule has 1 saturated heterocycles. The van der Waals surface area contributed by atoms with E-state index in [0.717, 1.165) is 18.9 Å². The molecule has 1 aromatic rings. The number of nitrogens with one attached hydrogen (secondary N) is 1. The minimum atomic E-state index is -0.341. The van der Waals surface area contributed by atoms with Crippen LogP contribution in [0.2, 0.25) is 0 Å². The fourth-order valence-corrected chi connectivity index (χ4v) is 2.77. The SMILES string of the molecule is COC(=O)c1ccc(NC2CN(C(C)C)CC2C)nc1C. The predicted molar refractivity (Wildman–Crippen MR) is 83.6 cm³/mol. The van der Waals surface area contributed by atoms with Gasteiger partial charge in [-0.25, -0.2) is 9.78 Å². The lowest BCUT2D eigenvalue weighted by atomic mass is 10.1. The topological polar surface area (TPSA) is 54.5 Å². The number of nitrogens with zero attached hydrogens (tertiary/aromatic N) is 2. The largest absolute Gasteiger partial charge is 0.465 e. The summed E-state index contributed by atoms with van der Waals surface area (Å²) in [7, 11) is 1.38. The number of anilines is 1. The fourth-order valence-electron chi connectivity index (χ4n) is 2.77. The van der Waals surface area contributed by atoms with Crippen molar-refractivity contribution in [3.05, 3.63) is 23.4 Å². The number of likely N-dealkylation sites (tertiary alicyclic amines) is 1. The van der Waals surface area contributed by atoms with Gasteiger partial charge in [0.25, 0.3) is 0 Å². The summed E-state index contributed by atoms with van der Waals surface area (Å²) in [6, 6.07) is 4.58. The van der Waals surface area contributed by atoms with Crippen LogP contribution in [-0.2, 0) is 4.74 Å². The van der Waals surface area contributed by atoms with Crippen molar-refractivity contribution in [2.24, 2.45) is 5.92 Å². The van der Waals surface area contributed by atoms with Gasteiger partial charge in [-0.2, -0.15) is 0 Å². The third-order valence-corrected chi connectivity index (χ3v) is 4.20. The quantitative estimate of drug-likeness (QED) is 0.863. The van der Waals surface area contributed by atoms with Crippen molar-refractivity contribution in [2.45, 2.75) is 39.8 Å². The highest BCUT2D eigenvalue weighted by molar-refractivity contribution is 5.90. The molecule has 5 heteroatoms. The summed E-state index contributed by atoms with van der Waals surface area (Å²) < 4.78 is 4.74. The van der Waals surface area contributed by atoms with E-state index in [4.69, 9.17) is 4.74 Å². The minimum absolute atomic E-state index is 0.341. The van der Waals surface area contributed by atoms with Gasteiger partial charge in [0, 0.05) is 25.2 Å². The highest BCUT2D eigenvalue weighted by Crippen LogP contribution is 2.22. The Balaban J connectivity index is 2.07. The average Bonchev–Trinajstić information content (AvgIpc) is 2.80. The smallest absolute Gasteiger partial charge is 0.339 e. The van der Waals surface area contributed by atoms with Gasteiger partial charge in [0.1, 0.15) is 5.82 Å². The van der Waals surface area contributed by atoms with Gasteiger partial charge in [-0.05, 0) is 38.8 Å². The molecule has 0 saturated carbocycles. The third kappa shape index (κ3) is 3.53. The zero-order valence-corrected chi connectivity index (χ0v) is 13.5. The van der Waals surface area contributed by atoms with Crippen LogP contribution < -0.4 is 5.32 Å². The standard InChI is InChI=1S/C16H25N3O2/c1-10(2)19-8-11(3)14(9-19)18-15-7-6-13(12(4)17-15)16(20)21-5/h6-7,10-11,14H,8-9H2,1-5H3,(H,17,18). The highest BCUT2D eigenvalue weighted by Gasteiger charge is 2.31. The molecule has 1 aliphatic heterocycles. The summed E-state index contributed by atoms with van der Waals surface area (Å²) in [6.07, 6.45) is 0. The van der Waals surface area contributed by atoms with Crippen molar-refractivity contribution in [1.29, 1.82) is 0 Å². The van der Waals surface area contributed by atoms with E-state index in [1.165, 1.54) is 7.11 Å². The first kappa shape index (κ1) is 15.8. The lowest BCUT2D eigenvalue weighted by Crippen LogP contribution is -2.31. The number of esters is 1. The number of hydrogen-bond donors (Lipinski definition) is 1. The van der Waals surface area contributed by atoms with Crippen molar-refractivity contribution in [2.75, 3.05) is 25.5 Å². The number of hydrogen-bond acceptors (Lipinski definition) is 5. The van der Waals surface area contributed by atoms with Gasteiger partial charge in [0.15, 0.2) is 0 Å². The van der Waals surface area contributed by atoms with Crippen molar-refractivity contribution in [1.82, 2.24) is 9.88 Å². The molecule has 0 bridgehead atoms. The highest BCUT2D eigenvalue weighted by atomic mass is 16.5. The van der Waals surface area contributed by atoms with E-state index in [1.54, 1.807) is 6.07 Å². The Bertz CT molecular complexity index is 516. The van der Waals surface area contributed by atoms with Crippen LogP contribution in [0.4, 0.5) is 5.82 Å². The zero-order chi connectivity index (χ0) is 15.6. The number of carbonyl (C=O) groups is 1. The molecule has 21 heavy (non-hydrogen) atoms. The van der Waals surface area contributed by atoms with Gasteiger partial charge < -0.3 is 10.1 Å². The van der Waals surface area contributed by atoms with Gasteiger partial charge in [0.05, 0.1) is 18.4 Å². The molecular formula is C16H25N3O2. The minimum Gasteiger partial charge on any atom is -0.465 e. The molecular weight excluding hydrogens is 266 g/mol. The first-order chi connectivity index (χ1) is 9.92.